The maximum absolute atomic E-state index is 12.0. The minimum Gasteiger partial charge on any atom is -0.289 e. The lowest BCUT2D eigenvalue weighted by atomic mass is 10.2. The topological polar surface area (TPSA) is 83.6 Å². The minimum absolute atomic E-state index is 0.305. The number of aryl methyl sites for hydroxylation is 1. The van der Waals surface area contributed by atoms with E-state index in [0.717, 1.165) is 10.6 Å². The van der Waals surface area contributed by atoms with E-state index in [0.29, 0.717) is 11.6 Å². The summed E-state index contributed by atoms with van der Waals surface area (Å²) in [6.07, 6.45) is 1.33. The lowest BCUT2D eigenvalue weighted by Crippen LogP contribution is -2.13. The van der Waals surface area contributed by atoms with Crippen LogP contribution in [0.5, 0.6) is 0 Å². The average Bonchev–Trinajstić information content (AvgIpc) is 3.10. The second-order valence-electron chi connectivity index (χ2n) is 4.19. The number of aromatic nitrogens is 4. The molecule has 6 nitrogen and oxygen atoms in total. The van der Waals surface area contributed by atoms with Gasteiger partial charge >= 0.3 is 0 Å². The molecule has 0 unspecified atom stereocenters. The van der Waals surface area contributed by atoms with E-state index in [9.17, 15) is 4.79 Å². The van der Waals surface area contributed by atoms with Crippen LogP contribution in [0.4, 0.5) is 5.95 Å². The number of benzene rings is 1. The van der Waals surface area contributed by atoms with Crippen LogP contribution in [0.2, 0.25) is 0 Å². The molecular weight excluding hydrogens is 274 g/mol. The summed E-state index contributed by atoms with van der Waals surface area (Å²) in [5, 5.41) is 11.4. The zero-order valence-electron chi connectivity index (χ0n) is 10.6. The summed E-state index contributed by atoms with van der Waals surface area (Å²) >= 11 is 1.43. The second kappa shape index (κ2) is 5.22. The van der Waals surface area contributed by atoms with Crippen LogP contribution in [0.25, 0.3) is 10.6 Å². The van der Waals surface area contributed by atoms with Gasteiger partial charge in [0.25, 0.3) is 5.91 Å². The lowest BCUT2D eigenvalue weighted by molar-refractivity contribution is 0.102. The maximum Gasteiger partial charge on any atom is 0.277 e. The van der Waals surface area contributed by atoms with E-state index < -0.39 is 0 Å². The summed E-state index contributed by atoms with van der Waals surface area (Å²) in [6, 6.07) is 8.02. The molecule has 0 aliphatic carbocycles. The van der Waals surface area contributed by atoms with E-state index in [1.54, 1.807) is 5.38 Å². The van der Waals surface area contributed by atoms with E-state index in [4.69, 9.17) is 0 Å². The van der Waals surface area contributed by atoms with Gasteiger partial charge in [-0.05, 0) is 6.92 Å². The molecular formula is C13H11N5OS. The number of rotatable bonds is 3. The molecule has 0 atom stereocenters. The van der Waals surface area contributed by atoms with Crippen LogP contribution in [-0.2, 0) is 0 Å². The number of hydrogen-bond acceptors (Lipinski definition) is 5. The van der Waals surface area contributed by atoms with Crippen molar-refractivity contribution in [1.29, 1.82) is 0 Å². The van der Waals surface area contributed by atoms with E-state index in [1.165, 1.54) is 23.2 Å². The minimum atomic E-state index is -0.309. The molecule has 0 spiro atoms. The fourth-order valence-corrected chi connectivity index (χ4v) is 2.45. The Labute approximate surface area is 118 Å². The first-order valence-corrected chi connectivity index (χ1v) is 6.79. The Hall–Kier alpha value is -2.54. The highest BCUT2D eigenvalue weighted by molar-refractivity contribution is 7.13. The van der Waals surface area contributed by atoms with Crippen LogP contribution in [0.3, 0.4) is 0 Å². The van der Waals surface area contributed by atoms with Gasteiger partial charge in [-0.1, -0.05) is 29.8 Å². The average molecular weight is 285 g/mol. The predicted octanol–water partition coefficient (Wildman–Crippen LogP) is 2.49. The molecule has 0 radical (unpaired) electrons. The van der Waals surface area contributed by atoms with Crippen LogP contribution in [-0.4, -0.2) is 26.1 Å². The number of thiazole rings is 1. The van der Waals surface area contributed by atoms with Gasteiger partial charge in [0.05, 0.1) is 0 Å². The molecule has 0 saturated heterocycles. The molecule has 1 aromatic carbocycles. The van der Waals surface area contributed by atoms with Crippen molar-refractivity contribution in [3.8, 4) is 10.6 Å². The number of nitrogens with one attached hydrogen (secondary N) is 2. The van der Waals surface area contributed by atoms with Crippen molar-refractivity contribution in [2.45, 2.75) is 6.92 Å². The Balaban J connectivity index is 1.79. The van der Waals surface area contributed by atoms with Crippen molar-refractivity contribution in [2.24, 2.45) is 0 Å². The Kier molecular flexibility index (Phi) is 3.26. The van der Waals surface area contributed by atoms with Gasteiger partial charge in [-0.3, -0.25) is 10.1 Å². The van der Waals surface area contributed by atoms with Gasteiger partial charge in [-0.2, -0.15) is 10.1 Å². The Bertz CT molecular complexity index is 718. The molecule has 0 aliphatic rings. The molecule has 3 rings (SSSR count). The molecule has 3 aromatic rings. The zero-order valence-corrected chi connectivity index (χ0v) is 11.4. The summed E-state index contributed by atoms with van der Waals surface area (Å²) in [4.78, 5) is 20.1. The van der Waals surface area contributed by atoms with E-state index in [2.05, 4.69) is 25.5 Å². The Morgan fingerprint density at radius 3 is 2.80 bits per heavy atom. The first-order chi connectivity index (χ1) is 9.72. The fourth-order valence-electron chi connectivity index (χ4n) is 1.64. The normalized spacial score (nSPS) is 10.4. The van der Waals surface area contributed by atoms with E-state index in [-0.39, 0.29) is 5.91 Å². The number of nitrogens with zero attached hydrogens (tertiary/aromatic N) is 3. The lowest BCUT2D eigenvalue weighted by Gasteiger charge is -1.98. The number of carbonyl (C=O) groups excluding carboxylic acids is 1. The monoisotopic (exact) mass is 285 g/mol. The van der Waals surface area contributed by atoms with Gasteiger partial charge < -0.3 is 0 Å². The zero-order chi connectivity index (χ0) is 13.9. The highest BCUT2D eigenvalue weighted by Crippen LogP contribution is 2.24. The summed E-state index contributed by atoms with van der Waals surface area (Å²) in [5.41, 5.74) is 2.55. The van der Waals surface area contributed by atoms with Gasteiger partial charge in [0.15, 0.2) is 0 Å². The summed E-state index contributed by atoms with van der Waals surface area (Å²) in [6.45, 7) is 2.03. The van der Waals surface area contributed by atoms with Crippen LogP contribution in [0, 0.1) is 6.92 Å². The Morgan fingerprint density at radius 1 is 1.30 bits per heavy atom. The standard InChI is InChI=1S/C13H11N5OS/c1-8-2-4-9(5-3-8)12-16-10(6-20-12)11(19)17-13-14-7-15-18-13/h2-7H,1H3,(H2,14,15,17,18,19). The van der Waals surface area contributed by atoms with Crippen molar-refractivity contribution < 1.29 is 4.79 Å². The van der Waals surface area contributed by atoms with Crippen molar-refractivity contribution in [3.63, 3.8) is 0 Å². The Morgan fingerprint density at radius 2 is 2.10 bits per heavy atom. The summed E-state index contributed by atoms with van der Waals surface area (Å²) in [5.74, 6) is -0.00347. The summed E-state index contributed by atoms with van der Waals surface area (Å²) in [7, 11) is 0. The van der Waals surface area contributed by atoms with Crippen molar-refractivity contribution in [2.75, 3.05) is 5.32 Å². The molecule has 20 heavy (non-hydrogen) atoms. The fraction of sp³-hybridized carbons (Fsp3) is 0.0769. The van der Waals surface area contributed by atoms with Gasteiger partial charge in [0, 0.05) is 10.9 Å². The third-order valence-corrected chi connectivity index (χ3v) is 3.57. The quantitative estimate of drug-likeness (QED) is 0.774. The third kappa shape index (κ3) is 2.57. The molecule has 2 aromatic heterocycles. The number of amides is 1. The number of aromatic amines is 1. The molecule has 2 N–H and O–H groups in total. The van der Waals surface area contributed by atoms with Crippen LogP contribution in [0.1, 0.15) is 16.1 Å². The number of anilines is 1. The van der Waals surface area contributed by atoms with Crippen molar-refractivity contribution >= 4 is 23.2 Å². The van der Waals surface area contributed by atoms with Gasteiger partial charge in [-0.15, -0.1) is 11.3 Å². The molecule has 1 amide bonds. The first kappa shape index (κ1) is 12.5. The maximum atomic E-state index is 12.0. The molecule has 7 heteroatoms. The molecule has 0 bridgehead atoms. The number of hydrogen-bond donors (Lipinski definition) is 2. The molecule has 100 valence electrons. The van der Waals surface area contributed by atoms with Gasteiger partial charge in [0.1, 0.15) is 17.0 Å². The van der Waals surface area contributed by atoms with Crippen molar-refractivity contribution in [1.82, 2.24) is 20.2 Å². The SMILES string of the molecule is Cc1ccc(-c2nc(C(=O)Nc3ncn[nH]3)cs2)cc1. The van der Waals surface area contributed by atoms with Crippen LogP contribution in [0.15, 0.2) is 36.0 Å². The van der Waals surface area contributed by atoms with Gasteiger partial charge in [0.2, 0.25) is 5.95 Å². The van der Waals surface area contributed by atoms with Gasteiger partial charge in [-0.25, -0.2) is 10.1 Å². The van der Waals surface area contributed by atoms with E-state index in [1.807, 2.05) is 31.2 Å². The molecule has 2 heterocycles. The highest BCUT2D eigenvalue weighted by Gasteiger charge is 2.13. The molecule has 0 aliphatic heterocycles. The number of H-pyrrole nitrogens is 1. The first-order valence-electron chi connectivity index (χ1n) is 5.91. The van der Waals surface area contributed by atoms with Crippen LogP contribution < -0.4 is 5.32 Å². The van der Waals surface area contributed by atoms with Crippen LogP contribution >= 0.6 is 11.3 Å². The predicted molar refractivity (Wildman–Crippen MR) is 76.6 cm³/mol. The van der Waals surface area contributed by atoms with Crippen molar-refractivity contribution in [3.05, 3.63) is 47.2 Å². The molecule has 0 saturated carbocycles. The molecule has 0 fully saturated rings. The largest absolute Gasteiger partial charge is 0.289 e. The summed E-state index contributed by atoms with van der Waals surface area (Å²) < 4.78 is 0. The second-order valence-corrected chi connectivity index (χ2v) is 5.05. The smallest absolute Gasteiger partial charge is 0.277 e. The third-order valence-electron chi connectivity index (χ3n) is 2.68. The van der Waals surface area contributed by atoms with E-state index >= 15 is 0 Å². The number of carbonyl (C=O) groups is 1. The highest BCUT2D eigenvalue weighted by atomic mass is 32.1.